The summed E-state index contributed by atoms with van der Waals surface area (Å²) in [6.07, 6.45) is 1.85. The van der Waals surface area contributed by atoms with Crippen molar-refractivity contribution < 1.29 is 4.92 Å². The van der Waals surface area contributed by atoms with Crippen molar-refractivity contribution in [1.29, 1.82) is 0 Å². The second-order valence-corrected chi connectivity index (χ2v) is 6.25. The molecule has 126 valence electrons. The lowest BCUT2D eigenvalue weighted by atomic mass is 10.1. The van der Waals surface area contributed by atoms with Crippen LogP contribution in [0.2, 0.25) is 0 Å². The molecule has 1 aliphatic heterocycles. The first-order chi connectivity index (χ1) is 11.6. The van der Waals surface area contributed by atoms with Crippen molar-refractivity contribution in [2.75, 3.05) is 26.2 Å². The maximum absolute atomic E-state index is 10.9. The zero-order valence-corrected chi connectivity index (χ0v) is 13.9. The van der Waals surface area contributed by atoms with E-state index in [0.29, 0.717) is 0 Å². The molecule has 1 aromatic heterocycles. The number of pyridine rings is 1. The van der Waals surface area contributed by atoms with Gasteiger partial charge in [0.25, 0.3) is 5.69 Å². The third kappa shape index (κ3) is 4.15. The predicted molar refractivity (Wildman–Crippen MR) is 92.6 cm³/mol. The van der Waals surface area contributed by atoms with Crippen LogP contribution in [-0.4, -0.2) is 45.9 Å². The van der Waals surface area contributed by atoms with E-state index >= 15 is 0 Å². The molecule has 1 aliphatic rings. The molecule has 6 heteroatoms. The second-order valence-electron chi connectivity index (χ2n) is 6.25. The average molecular weight is 326 g/mol. The van der Waals surface area contributed by atoms with Gasteiger partial charge in [-0.05, 0) is 24.1 Å². The lowest BCUT2D eigenvalue weighted by molar-refractivity contribution is -0.384. The van der Waals surface area contributed by atoms with E-state index in [1.165, 1.54) is 11.6 Å². The molecule has 0 bridgehead atoms. The summed E-state index contributed by atoms with van der Waals surface area (Å²) in [6, 6.07) is 11.0. The minimum Gasteiger partial charge on any atom is -0.297 e. The maximum Gasteiger partial charge on any atom is 0.269 e. The molecule has 6 nitrogen and oxygen atoms in total. The number of non-ortho nitro benzene ring substituents is 1. The lowest BCUT2D eigenvalue weighted by Crippen LogP contribution is -2.45. The van der Waals surface area contributed by atoms with Gasteiger partial charge >= 0.3 is 0 Å². The highest BCUT2D eigenvalue weighted by Crippen LogP contribution is 2.16. The number of piperazine rings is 1. The van der Waals surface area contributed by atoms with E-state index < -0.39 is 0 Å². The molecule has 0 amide bonds. The summed E-state index contributed by atoms with van der Waals surface area (Å²) in [4.78, 5) is 19.8. The Bertz CT molecular complexity index is 712. The van der Waals surface area contributed by atoms with E-state index in [2.05, 4.69) is 27.8 Å². The van der Waals surface area contributed by atoms with E-state index in [1.54, 1.807) is 12.1 Å². The molecule has 0 aliphatic carbocycles. The van der Waals surface area contributed by atoms with Crippen LogP contribution in [0.3, 0.4) is 0 Å². The van der Waals surface area contributed by atoms with Crippen LogP contribution >= 0.6 is 0 Å². The number of benzene rings is 1. The summed E-state index contributed by atoms with van der Waals surface area (Å²) in [6.45, 7) is 7.66. The first-order valence-corrected chi connectivity index (χ1v) is 8.20. The molecule has 0 N–H and O–H groups in total. The number of nitro benzene ring substituents is 1. The molecular weight excluding hydrogens is 304 g/mol. The van der Waals surface area contributed by atoms with Crippen LogP contribution in [0.5, 0.6) is 0 Å². The molecule has 1 aromatic carbocycles. The van der Waals surface area contributed by atoms with Gasteiger partial charge in [-0.2, -0.15) is 0 Å². The molecule has 1 fully saturated rings. The van der Waals surface area contributed by atoms with Crippen molar-refractivity contribution in [2.45, 2.75) is 20.0 Å². The molecule has 0 spiro atoms. The Morgan fingerprint density at radius 2 is 1.79 bits per heavy atom. The van der Waals surface area contributed by atoms with Crippen LogP contribution in [-0.2, 0) is 13.1 Å². The third-order valence-electron chi connectivity index (χ3n) is 4.48. The molecule has 0 atom stereocenters. The zero-order valence-electron chi connectivity index (χ0n) is 13.9. The molecule has 1 saturated heterocycles. The summed E-state index contributed by atoms with van der Waals surface area (Å²) in [5.41, 5.74) is 3.54. The Morgan fingerprint density at radius 1 is 1.08 bits per heavy atom. The number of hydrogen-bond donors (Lipinski definition) is 0. The fourth-order valence-electron chi connectivity index (χ4n) is 3.03. The highest BCUT2D eigenvalue weighted by Gasteiger charge is 2.18. The molecule has 0 saturated carbocycles. The van der Waals surface area contributed by atoms with Crippen molar-refractivity contribution in [1.82, 2.24) is 14.8 Å². The van der Waals surface area contributed by atoms with Crippen molar-refractivity contribution in [3.8, 4) is 0 Å². The molecule has 24 heavy (non-hydrogen) atoms. The Hall–Kier alpha value is -2.31. The molecule has 2 aromatic rings. The second kappa shape index (κ2) is 7.51. The van der Waals surface area contributed by atoms with E-state index in [0.717, 1.165) is 50.5 Å². The van der Waals surface area contributed by atoms with Crippen molar-refractivity contribution in [3.63, 3.8) is 0 Å². The topological polar surface area (TPSA) is 62.5 Å². The van der Waals surface area contributed by atoms with Crippen LogP contribution in [0.25, 0.3) is 0 Å². The van der Waals surface area contributed by atoms with E-state index in [-0.39, 0.29) is 10.6 Å². The van der Waals surface area contributed by atoms with Gasteiger partial charge in [0.2, 0.25) is 0 Å². The van der Waals surface area contributed by atoms with Crippen LogP contribution in [0.1, 0.15) is 16.8 Å². The van der Waals surface area contributed by atoms with Gasteiger partial charge in [0, 0.05) is 57.6 Å². The Balaban J connectivity index is 1.53. The molecular formula is C18H22N4O2. The van der Waals surface area contributed by atoms with Crippen LogP contribution in [0.15, 0.2) is 42.6 Å². The van der Waals surface area contributed by atoms with Gasteiger partial charge in [0.15, 0.2) is 0 Å². The van der Waals surface area contributed by atoms with E-state index in [4.69, 9.17) is 0 Å². The van der Waals surface area contributed by atoms with Crippen molar-refractivity contribution in [3.05, 3.63) is 69.5 Å². The van der Waals surface area contributed by atoms with Gasteiger partial charge in [-0.3, -0.25) is 24.9 Å². The van der Waals surface area contributed by atoms with Crippen LogP contribution < -0.4 is 0 Å². The quantitative estimate of drug-likeness (QED) is 0.624. The number of hydrogen-bond acceptors (Lipinski definition) is 5. The molecule has 0 radical (unpaired) electrons. The van der Waals surface area contributed by atoms with Gasteiger partial charge in [-0.1, -0.05) is 18.2 Å². The van der Waals surface area contributed by atoms with Crippen molar-refractivity contribution >= 4 is 5.69 Å². The highest BCUT2D eigenvalue weighted by molar-refractivity contribution is 5.34. The van der Waals surface area contributed by atoms with Gasteiger partial charge in [0.05, 0.1) is 10.6 Å². The smallest absolute Gasteiger partial charge is 0.269 e. The summed E-state index contributed by atoms with van der Waals surface area (Å²) < 4.78 is 0. The number of nitro groups is 1. The van der Waals surface area contributed by atoms with Crippen molar-refractivity contribution in [2.24, 2.45) is 0 Å². The van der Waals surface area contributed by atoms with Gasteiger partial charge in [0.1, 0.15) is 0 Å². The lowest BCUT2D eigenvalue weighted by Gasteiger charge is -2.34. The van der Waals surface area contributed by atoms with Crippen LogP contribution in [0, 0.1) is 17.0 Å². The minimum atomic E-state index is -0.337. The van der Waals surface area contributed by atoms with Crippen LogP contribution in [0.4, 0.5) is 5.69 Å². The average Bonchev–Trinajstić information content (AvgIpc) is 2.59. The van der Waals surface area contributed by atoms with Gasteiger partial charge < -0.3 is 0 Å². The fourth-order valence-corrected chi connectivity index (χ4v) is 3.03. The standard InChI is InChI=1S/C18H22N4O2/c1-15-4-3-7-19-18(15)14-21-10-8-20(9-11-21)13-16-5-2-6-17(12-16)22(23)24/h2-7,12H,8-11,13-14H2,1H3. The third-order valence-corrected chi connectivity index (χ3v) is 4.48. The molecule has 0 unspecified atom stereocenters. The SMILES string of the molecule is Cc1cccnc1CN1CCN(Cc2cccc([N+](=O)[O-])c2)CC1. The first kappa shape index (κ1) is 16.5. The summed E-state index contributed by atoms with van der Waals surface area (Å²) in [5.74, 6) is 0. The highest BCUT2D eigenvalue weighted by atomic mass is 16.6. The largest absolute Gasteiger partial charge is 0.297 e. The summed E-state index contributed by atoms with van der Waals surface area (Å²) >= 11 is 0. The Labute approximate surface area is 141 Å². The fraction of sp³-hybridized carbons (Fsp3) is 0.389. The first-order valence-electron chi connectivity index (χ1n) is 8.20. The predicted octanol–water partition coefficient (Wildman–Crippen LogP) is 2.62. The monoisotopic (exact) mass is 326 g/mol. The molecule has 2 heterocycles. The minimum absolute atomic E-state index is 0.164. The normalized spacial score (nSPS) is 16.2. The number of rotatable bonds is 5. The number of aromatic nitrogens is 1. The Morgan fingerprint density at radius 3 is 2.46 bits per heavy atom. The Kier molecular flexibility index (Phi) is 5.17. The summed E-state index contributed by atoms with van der Waals surface area (Å²) in [5, 5.41) is 10.9. The van der Waals surface area contributed by atoms with E-state index in [1.807, 2.05) is 18.3 Å². The summed E-state index contributed by atoms with van der Waals surface area (Å²) in [7, 11) is 0. The van der Waals surface area contributed by atoms with E-state index in [9.17, 15) is 10.1 Å². The number of nitrogens with zero attached hydrogens (tertiary/aromatic N) is 4. The zero-order chi connectivity index (χ0) is 16.9. The molecule has 3 rings (SSSR count). The van der Waals surface area contributed by atoms with Gasteiger partial charge in [-0.15, -0.1) is 0 Å². The maximum atomic E-state index is 10.9. The number of aryl methyl sites for hydroxylation is 1. The van der Waals surface area contributed by atoms with Gasteiger partial charge in [-0.25, -0.2) is 0 Å².